The molecule has 5 aromatic rings. The molecule has 2 aliphatic rings. The summed E-state index contributed by atoms with van der Waals surface area (Å²) < 4.78 is 42.4. The van der Waals surface area contributed by atoms with Gasteiger partial charge in [-0.3, -0.25) is 23.8 Å². The van der Waals surface area contributed by atoms with Crippen LogP contribution in [0.5, 0.6) is 11.5 Å². The second-order valence-electron chi connectivity index (χ2n) is 14.4. The summed E-state index contributed by atoms with van der Waals surface area (Å²) in [6.07, 6.45) is 0.409. The quantitative estimate of drug-likeness (QED) is 0.0524. The van der Waals surface area contributed by atoms with Crippen LogP contribution in [-0.4, -0.2) is 90.2 Å². The zero-order valence-electron chi connectivity index (χ0n) is 34.1. The lowest BCUT2D eigenvalue weighted by atomic mass is 9.80. The van der Waals surface area contributed by atoms with Crippen LogP contribution in [0.25, 0.3) is 0 Å². The van der Waals surface area contributed by atoms with Crippen molar-refractivity contribution in [3.63, 3.8) is 0 Å². The van der Waals surface area contributed by atoms with Crippen molar-refractivity contribution in [1.82, 2.24) is 14.2 Å². The molecule has 2 aliphatic heterocycles. The van der Waals surface area contributed by atoms with E-state index >= 15 is 0 Å². The van der Waals surface area contributed by atoms with E-state index in [4.69, 9.17) is 28.2 Å². The van der Waals surface area contributed by atoms with Crippen LogP contribution in [0.1, 0.15) is 51.7 Å². The highest BCUT2D eigenvalue weighted by Gasteiger charge is 2.51. The lowest BCUT2D eigenvalue weighted by Gasteiger charge is -2.38. The number of rotatable bonds is 18. The van der Waals surface area contributed by atoms with Gasteiger partial charge in [0.15, 0.2) is 13.7 Å². The fourth-order valence-electron chi connectivity index (χ4n) is 7.55. The smallest absolute Gasteiger partial charge is 0.330 e. The molecule has 60 heavy (non-hydrogen) atoms. The monoisotopic (exact) mass is 871 g/mol. The number of benzene rings is 4. The lowest BCUT2D eigenvalue weighted by molar-refractivity contribution is -0.0951. The van der Waals surface area contributed by atoms with Crippen molar-refractivity contribution >= 4 is 35.8 Å². The number of carbonyl (C=O) groups excluding carboxylic acids is 1. The number of aromatic amines is 1. The first kappa shape index (κ1) is 43.8. The molecule has 2 fully saturated rings. The molecular formula is C45H50N3O9PS2. The van der Waals surface area contributed by atoms with Crippen molar-refractivity contribution in [1.29, 1.82) is 0 Å². The average molecular weight is 872 g/mol. The molecule has 3 heterocycles. The third-order valence-electron chi connectivity index (χ3n) is 10.7. The standard InChI is InChI=1S/C45H50N3O9PS2/c1-31-29-48(44(51)46-41(31)49)42-40(54-4)39(57-58(47-25-11-12-26-47)60-28-27-59-43(50)32-13-7-5-8-14-32)38(56-42)30-55-45(33-15-9-6-10-16-33,34-17-21-36(52-2)22-18-34)35-19-23-37(53-3)24-20-35/h5-10,13-24,29,38-40,42H,11-12,25-28,30H2,1-4H3,(H,46,49,51)/t38-,39-,40-,42-,58?/m1/s1. The summed E-state index contributed by atoms with van der Waals surface area (Å²) in [4.78, 5) is 41.3. The van der Waals surface area contributed by atoms with Gasteiger partial charge in [-0.05, 0) is 60.7 Å². The molecule has 12 nitrogen and oxygen atoms in total. The molecule has 2 saturated heterocycles. The van der Waals surface area contributed by atoms with Gasteiger partial charge in [-0.2, -0.15) is 0 Å². The minimum Gasteiger partial charge on any atom is -0.497 e. The number of hydrogen-bond acceptors (Lipinski definition) is 12. The summed E-state index contributed by atoms with van der Waals surface area (Å²) in [5, 5.41) is 0.0311. The highest BCUT2D eigenvalue weighted by molar-refractivity contribution is 8.53. The molecule has 0 saturated carbocycles. The first-order chi connectivity index (χ1) is 29.2. The maximum absolute atomic E-state index is 13.4. The normalized spacial score (nSPS) is 19.9. The molecule has 0 radical (unpaired) electrons. The number of ether oxygens (including phenoxy) is 5. The second-order valence-corrected chi connectivity index (χ2v) is 19.1. The molecule has 7 rings (SSSR count). The zero-order valence-corrected chi connectivity index (χ0v) is 36.6. The fourth-order valence-corrected chi connectivity index (χ4v) is 12.9. The minimum atomic E-state index is -1.27. The van der Waals surface area contributed by atoms with Gasteiger partial charge >= 0.3 is 5.69 Å². The van der Waals surface area contributed by atoms with Crippen LogP contribution in [-0.2, 0) is 24.3 Å². The van der Waals surface area contributed by atoms with E-state index in [1.807, 2.05) is 109 Å². The topological polar surface area (TPSA) is 131 Å². The Hall–Kier alpha value is -4.24. The SMILES string of the molecule is COc1ccc(C(OC[C@H]2O[C@@H](n3cc(C)c(=O)[nH]c3=O)[C@H](OC)[C@@H]2OP(SCCSC(=O)c2ccccc2)N2CCCC2)(c2ccccc2)c2ccc(OC)cc2)cc1. The van der Waals surface area contributed by atoms with Crippen LogP contribution in [0.4, 0.5) is 0 Å². The first-order valence-electron chi connectivity index (χ1n) is 19.8. The number of aryl methyl sites for hydroxylation is 1. The Balaban J connectivity index is 1.25. The van der Waals surface area contributed by atoms with Crippen LogP contribution in [0.15, 0.2) is 125 Å². The molecular weight excluding hydrogens is 822 g/mol. The van der Waals surface area contributed by atoms with Crippen molar-refractivity contribution < 1.29 is 33.0 Å². The third kappa shape index (κ3) is 9.77. The Kier molecular flexibility index (Phi) is 15.0. The van der Waals surface area contributed by atoms with Gasteiger partial charge in [0.05, 0.1) is 20.8 Å². The molecule has 1 N–H and O–H groups in total. The van der Waals surface area contributed by atoms with E-state index in [0.717, 1.165) is 42.6 Å². The van der Waals surface area contributed by atoms with Gasteiger partial charge in [0, 0.05) is 49.0 Å². The van der Waals surface area contributed by atoms with Gasteiger partial charge in [-0.15, -0.1) is 0 Å². The van der Waals surface area contributed by atoms with E-state index in [1.54, 1.807) is 39.6 Å². The summed E-state index contributed by atoms with van der Waals surface area (Å²) in [6, 6.07) is 34.9. The highest BCUT2D eigenvalue weighted by Crippen LogP contribution is 2.58. The van der Waals surface area contributed by atoms with Crippen LogP contribution in [0.3, 0.4) is 0 Å². The second kappa shape index (κ2) is 20.5. The van der Waals surface area contributed by atoms with Crippen molar-refractivity contribution in [2.75, 3.05) is 52.5 Å². The zero-order chi connectivity index (χ0) is 42.1. The number of hydrogen-bond donors (Lipinski definition) is 1. The van der Waals surface area contributed by atoms with Crippen LogP contribution in [0.2, 0.25) is 0 Å². The van der Waals surface area contributed by atoms with Gasteiger partial charge in [0.2, 0.25) is 5.12 Å². The highest BCUT2D eigenvalue weighted by atomic mass is 32.7. The maximum Gasteiger partial charge on any atom is 0.330 e. The van der Waals surface area contributed by atoms with Crippen LogP contribution in [0, 0.1) is 6.92 Å². The van der Waals surface area contributed by atoms with E-state index in [2.05, 4.69) is 9.65 Å². The van der Waals surface area contributed by atoms with Crippen molar-refractivity contribution in [2.45, 2.75) is 49.9 Å². The van der Waals surface area contributed by atoms with Crippen molar-refractivity contribution in [2.24, 2.45) is 0 Å². The Labute approximate surface area is 359 Å². The molecule has 4 aromatic carbocycles. The van der Waals surface area contributed by atoms with Crippen molar-refractivity contribution in [3.8, 4) is 11.5 Å². The van der Waals surface area contributed by atoms with Gasteiger partial charge in [0.25, 0.3) is 5.56 Å². The number of aromatic nitrogens is 2. The Morgan fingerprint density at radius 1 is 0.800 bits per heavy atom. The molecule has 1 aromatic heterocycles. The fraction of sp³-hybridized carbons (Fsp3) is 0.356. The van der Waals surface area contributed by atoms with Gasteiger partial charge in [-0.1, -0.05) is 108 Å². The van der Waals surface area contributed by atoms with E-state index in [0.29, 0.717) is 34.1 Å². The molecule has 316 valence electrons. The van der Waals surface area contributed by atoms with E-state index in [9.17, 15) is 14.4 Å². The molecule has 0 amide bonds. The van der Waals surface area contributed by atoms with E-state index in [1.165, 1.54) is 22.5 Å². The van der Waals surface area contributed by atoms with Gasteiger partial charge in [0.1, 0.15) is 35.4 Å². The summed E-state index contributed by atoms with van der Waals surface area (Å²) in [5.74, 6) is 2.68. The third-order valence-corrected chi connectivity index (χ3v) is 15.9. The number of thioether (sulfide) groups is 1. The summed E-state index contributed by atoms with van der Waals surface area (Å²) in [7, 11) is 3.57. The molecule has 5 atom stereocenters. The predicted octanol–water partition coefficient (Wildman–Crippen LogP) is 7.80. The number of nitrogens with zero attached hydrogens (tertiary/aromatic N) is 2. The lowest BCUT2D eigenvalue weighted by Crippen LogP contribution is -2.42. The Morgan fingerprint density at radius 2 is 1.38 bits per heavy atom. The Morgan fingerprint density at radius 3 is 1.97 bits per heavy atom. The number of nitrogens with one attached hydrogen (secondary N) is 1. The van der Waals surface area contributed by atoms with Crippen LogP contribution < -0.4 is 20.7 Å². The predicted molar refractivity (Wildman–Crippen MR) is 237 cm³/mol. The number of methoxy groups -OCH3 is 3. The number of H-pyrrole nitrogens is 1. The van der Waals surface area contributed by atoms with Crippen molar-refractivity contribution in [3.05, 3.63) is 164 Å². The van der Waals surface area contributed by atoms with Gasteiger partial charge < -0.3 is 28.2 Å². The van der Waals surface area contributed by atoms with Gasteiger partial charge in [-0.25, -0.2) is 4.79 Å². The summed E-state index contributed by atoms with van der Waals surface area (Å²) in [6.45, 7) is 3.40. The van der Waals surface area contributed by atoms with Crippen LogP contribution >= 0.6 is 30.6 Å². The average Bonchev–Trinajstić information content (AvgIpc) is 3.95. The maximum atomic E-state index is 13.4. The van der Waals surface area contributed by atoms with E-state index < -0.39 is 48.9 Å². The summed E-state index contributed by atoms with van der Waals surface area (Å²) >= 11 is 2.98. The molecule has 1 unspecified atom stereocenters. The molecule has 0 bridgehead atoms. The molecule has 0 aliphatic carbocycles. The van der Waals surface area contributed by atoms with E-state index in [-0.39, 0.29) is 11.7 Å². The largest absolute Gasteiger partial charge is 0.497 e. The number of carbonyl (C=O) groups is 1. The Bertz CT molecular complexity index is 2230. The summed E-state index contributed by atoms with van der Waals surface area (Å²) in [5.41, 5.74) is 1.35. The first-order valence-corrected chi connectivity index (χ1v) is 23.6. The molecule has 0 spiro atoms. The minimum absolute atomic E-state index is 0.0142. The molecule has 15 heteroatoms.